The molecule has 0 radical (unpaired) electrons. The van der Waals surface area contributed by atoms with E-state index in [1.54, 1.807) is 11.3 Å². The number of hydrogen-bond acceptors (Lipinski definition) is 3. The Balaban J connectivity index is 1.54. The second-order valence-electron chi connectivity index (χ2n) is 5.12. The molecule has 1 N–H and O–H groups in total. The molecule has 1 aromatic carbocycles. The highest BCUT2D eigenvalue weighted by atomic mass is 32.1. The van der Waals surface area contributed by atoms with Crippen LogP contribution in [0.5, 0.6) is 0 Å². The summed E-state index contributed by atoms with van der Waals surface area (Å²) in [5.74, 6) is 0.172. The molecule has 1 saturated carbocycles. The van der Waals surface area contributed by atoms with E-state index in [0.29, 0.717) is 12.5 Å². The summed E-state index contributed by atoms with van der Waals surface area (Å²) in [6.07, 6.45) is 6.10. The SMILES string of the molecule is O=C(CCc1nc2ccccc2s1)NC1CCCC1. The number of hydrogen-bond donors (Lipinski definition) is 1. The number of rotatable bonds is 4. The molecule has 4 heteroatoms. The average molecular weight is 274 g/mol. The minimum atomic E-state index is 0.172. The number of benzene rings is 1. The number of nitrogens with zero attached hydrogens (tertiary/aromatic N) is 1. The molecule has 0 unspecified atom stereocenters. The first-order valence-electron chi connectivity index (χ1n) is 6.95. The summed E-state index contributed by atoms with van der Waals surface area (Å²) in [6.45, 7) is 0. The lowest BCUT2D eigenvalue weighted by Crippen LogP contribution is -2.32. The summed E-state index contributed by atoms with van der Waals surface area (Å²) >= 11 is 1.69. The molecule has 100 valence electrons. The van der Waals surface area contributed by atoms with Crippen molar-refractivity contribution in [2.24, 2.45) is 0 Å². The Bertz CT molecular complexity index is 539. The highest BCUT2D eigenvalue weighted by molar-refractivity contribution is 7.18. The van der Waals surface area contributed by atoms with Gasteiger partial charge in [0.05, 0.1) is 15.2 Å². The number of carbonyl (C=O) groups is 1. The van der Waals surface area contributed by atoms with E-state index in [1.165, 1.54) is 17.5 Å². The highest BCUT2D eigenvalue weighted by Crippen LogP contribution is 2.22. The van der Waals surface area contributed by atoms with Gasteiger partial charge >= 0.3 is 0 Å². The zero-order valence-corrected chi connectivity index (χ0v) is 11.7. The van der Waals surface area contributed by atoms with Crippen molar-refractivity contribution in [3.63, 3.8) is 0 Å². The zero-order valence-electron chi connectivity index (χ0n) is 10.9. The smallest absolute Gasteiger partial charge is 0.220 e. The van der Waals surface area contributed by atoms with E-state index < -0.39 is 0 Å². The van der Waals surface area contributed by atoms with Gasteiger partial charge < -0.3 is 5.32 Å². The minimum Gasteiger partial charge on any atom is -0.353 e. The summed E-state index contributed by atoms with van der Waals surface area (Å²) in [6, 6.07) is 8.54. The van der Waals surface area contributed by atoms with Crippen molar-refractivity contribution in [1.29, 1.82) is 0 Å². The Hall–Kier alpha value is -1.42. The fourth-order valence-corrected chi connectivity index (χ4v) is 3.58. The highest BCUT2D eigenvalue weighted by Gasteiger charge is 2.17. The van der Waals surface area contributed by atoms with Gasteiger partial charge in [-0.05, 0) is 25.0 Å². The van der Waals surface area contributed by atoms with Gasteiger partial charge in [0.25, 0.3) is 0 Å². The van der Waals surface area contributed by atoms with Gasteiger partial charge in [-0.3, -0.25) is 4.79 Å². The normalized spacial score (nSPS) is 16.0. The van der Waals surface area contributed by atoms with Crippen LogP contribution in [-0.2, 0) is 11.2 Å². The van der Waals surface area contributed by atoms with Crippen LogP contribution < -0.4 is 5.32 Å². The summed E-state index contributed by atoms with van der Waals surface area (Å²) in [7, 11) is 0. The molecule has 3 rings (SSSR count). The molecule has 3 nitrogen and oxygen atoms in total. The first kappa shape index (κ1) is 12.6. The topological polar surface area (TPSA) is 42.0 Å². The maximum atomic E-state index is 11.9. The van der Waals surface area contributed by atoms with Gasteiger partial charge in [-0.2, -0.15) is 0 Å². The zero-order chi connectivity index (χ0) is 13.1. The van der Waals surface area contributed by atoms with Gasteiger partial charge in [0.1, 0.15) is 0 Å². The van der Waals surface area contributed by atoms with Crippen LogP contribution in [-0.4, -0.2) is 16.9 Å². The van der Waals surface area contributed by atoms with Crippen molar-refractivity contribution in [2.45, 2.75) is 44.6 Å². The molecule has 0 aliphatic heterocycles. The third-order valence-corrected chi connectivity index (χ3v) is 4.72. The quantitative estimate of drug-likeness (QED) is 0.929. The number of carbonyl (C=O) groups excluding carboxylic acids is 1. The number of amides is 1. The van der Waals surface area contributed by atoms with Crippen molar-refractivity contribution in [2.75, 3.05) is 0 Å². The van der Waals surface area contributed by atoms with Crippen molar-refractivity contribution in [1.82, 2.24) is 10.3 Å². The number of thiazole rings is 1. The molecule has 0 spiro atoms. The van der Waals surface area contributed by atoms with Gasteiger partial charge in [0.2, 0.25) is 5.91 Å². The number of fused-ring (bicyclic) bond motifs is 1. The maximum absolute atomic E-state index is 11.9. The number of nitrogens with one attached hydrogen (secondary N) is 1. The van der Waals surface area contributed by atoms with Gasteiger partial charge in [-0.25, -0.2) is 4.98 Å². The summed E-state index contributed by atoms with van der Waals surface area (Å²) < 4.78 is 1.20. The molecule has 1 aromatic heterocycles. The molecule has 1 aliphatic rings. The Morgan fingerprint density at radius 1 is 1.32 bits per heavy atom. The fourth-order valence-electron chi connectivity index (χ4n) is 2.62. The Morgan fingerprint density at radius 3 is 2.89 bits per heavy atom. The minimum absolute atomic E-state index is 0.172. The van der Waals surface area contributed by atoms with Crippen molar-refractivity contribution < 1.29 is 4.79 Å². The van der Waals surface area contributed by atoms with Crippen LogP contribution in [0.15, 0.2) is 24.3 Å². The van der Waals surface area contributed by atoms with Gasteiger partial charge in [-0.1, -0.05) is 25.0 Å². The molecule has 0 atom stereocenters. The van der Waals surface area contributed by atoms with Crippen molar-refractivity contribution in [3.05, 3.63) is 29.3 Å². The summed E-state index contributed by atoms with van der Waals surface area (Å²) in [5, 5.41) is 4.18. The Kier molecular flexibility index (Phi) is 3.78. The lowest BCUT2D eigenvalue weighted by atomic mass is 10.2. The van der Waals surface area contributed by atoms with E-state index in [1.807, 2.05) is 18.2 Å². The molecule has 19 heavy (non-hydrogen) atoms. The average Bonchev–Trinajstić information content (AvgIpc) is 3.04. The Labute approximate surface area is 117 Å². The molecule has 1 fully saturated rings. The molecule has 1 heterocycles. The van der Waals surface area contributed by atoms with Gasteiger partial charge in [0, 0.05) is 18.9 Å². The third kappa shape index (κ3) is 3.13. The van der Waals surface area contributed by atoms with Crippen molar-refractivity contribution >= 4 is 27.5 Å². The number of para-hydroxylation sites is 1. The van der Waals surface area contributed by atoms with E-state index in [9.17, 15) is 4.79 Å². The molecule has 0 bridgehead atoms. The maximum Gasteiger partial charge on any atom is 0.220 e. The fraction of sp³-hybridized carbons (Fsp3) is 0.467. The van der Waals surface area contributed by atoms with E-state index >= 15 is 0 Å². The van der Waals surface area contributed by atoms with Crippen LogP contribution in [0.25, 0.3) is 10.2 Å². The molecular weight excluding hydrogens is 256 g/mol. The van der Waals surface area contributed by atoms with E-state index in [4.69, 9.17) is 0 Å². The van der Waals surface area contributed by atoms with E-state index in [-0.39, 0.29) is 5.91 Å². The van der Waals surface area contributed by atoms with Gasteiger partial charge in [-0.15, -0.1) is 11.3 Å². The monoisotopic (exact) mass is 274 g/mol. The first-order chi connectivity index (χ1) is 9.31. The molecule has 0 saturated heterocycles. The lowest BCUT2D eigenvalue weighted by Gasteiger charge is -2.10. The Morgan fingerprint density at radius 2 is 2.11 bits per heavy atom. The van der Waals surface area contributed by atoms with Crippen molar-refractivity contribution in [3.8, 4) is 0 Å². The lowest BCUT2D eigenvalue weighted by molar-refractivity contribution is -0.121. The molecular formula is C15H18N2OS. The van der Waals surface area contributed by atoms with Crippen LogP contribution in [0.2, 0.25) is 0 Å². The van der Waals surface area contributed by atoms with Crippen LogP contribution >= 0.6 is 11.3 Å². The van der Waals surface area contributed by atoms with Crippen LogP contribution in [0.3, 0.4) is 0 Å². The summed E-state index contributed by atoms with van der Waals surface area (Å²) in [4.78, 5) is 16.4. The second kappa shape index (κ2) is 5.70. The summed E-state index contributed by atoms with van der Waals surface area (Å²) in [5.41, 5.74) is 1.04. The predicted molar refractivity (Wildman–Crippen MR) is 78.3 cm³/mol. The van der Waals surface area contributed by atoms with Crippen LogP contribution in [0, 0.1) is 0 Å². The first-order valence-corrected chi connectivity index (χ1v) is 7.77. The largest absolute Gasteiger partial charge is 0.353 e. The van der Waals surface area contributed by atoms with Crippen LogP contribution in [0.4, 0.5) is 0 Å². The standard InChI is InChI=1S/C15H18N2OS/c18-14(16-11-5-1-2-6-11)9-10-15-17-12-7-3-4-8-13(12)19-15/h3-4,7-8,11H,1-2,5-6,9-10H2,(H,16,18). The molecule has 2 aromatic rings. The second-order valence-corrected chi connectivity index (χ2v) is 6.24. The number of aromatic nitrogens is 1. The molecule has 1 aliphatic carbocycles. The third-order valence-electron chi connectivity index (χ3n) is 3.62. The predicted octanol–water partition coefficient (Wildman–Crippen LogP) is 3.29. The van der Waals surface area contributed by atoms with Crippen LogP contribution in [0.1, 0.15) is 37.1 Å². The van der Waals surface area contributed by atoms with E-state index in [2.05, 4.69) is 16.4 Å². The molecule has 1 amide bonds. The number of aryl methyl sites for hydroxylation is 1. The van der Waals surface area contributed by atoms with Gasteiger partial charge in [0.15, 0.2) is 0 Å². The van der Waals surface area contributed by atoms with E-state index in [0.717, 1.165) is 29.8 Å².